The fourth-order valence-electron chi connectivity index (χ4n) is 6.90. The van der Waals surface area contributed by atoms with Crippen molar-refractivity contribution in [1.29, 1.82) is 0 Å². The predicted molar refractivity (Wildman–Crippen MR) is 213 cm³/mol. The molecule has 1 aliphatic heterocycles. The Balaban J connectivity index is 1.66. The van der Waals surface area contributed by atoms with E-state index >= 15 is 0 Å². The van der Waals surface area contributed by atoms with Crippen molar-refractivity contribution in [3.63, 3.8) is 0 Å². The van der Waals surface area contributed by atoms with Gasteiger partial charge in [0.05, 0.1) is 13.2 Å². The lowest BCUT2D eigenvalue weighted by molar-refractivity contribution is -0.145. The van der Waals surface area contributed by atoms with Crippen LogP contribution in [-0.4, -0.2) is 68.8 Å². The summed E-state index contributed by atoms with van der Waals surface area (Å²) in [6.45, 7) is 11.6. The van der Waals surface area contributed by atoms with Gasteiger partial charge in [0, 0.05) is 38.7 Å². The molecule has 290 valence electrons. The van der Waals surface area contributed by atoms with E-state index in [0.717, 1.165) is 69.0 Å². The summed E-state index contributed by atoms with van der Waals surface area (Å²) < 4.78 is 18.1. The number of hydrogen-bond acceptors (Lipinski definition) is 6. The molecule has 0 atom stereocenters. The summed E-state index contributed by atoms with van der Waals surface area (Å²) in [5.74, 6) is 1.52. The molecule has 6 heteroatoms. The molecule has 2 rings (SSSR count). The average Bonchev–Trinajstić information content (AvgIpc) is 3.12. The highest BCUT2D eigenvalue weighted by Gasteiger charge is 2.14. The summed E-state index contributed by atoms with van der Waals surface area (Å²) in [6, 6.07) is 6.06. The topological polar surface area (TPSA) is 51.2 Å². The van der Waals surface area contributed by atoms with E-state index in [0.29, 0.717) is 19.6 Å². The molecular formula is C44H80N2O4. The van der Waals surface area contributed by atoms with Crippen molar-refractivity contribution in [2.75, 3.05) is 53.0 Å². The maximum atomic E-state index is 12.6. The molecule has 0 N–H and O–H groups in total. The number of hydrogen-bond donors (Lipinski definition) is 0. The second kappa shape index (κ2) is 31.9. The Morgan fingerprint density at radius 3 is 1.36 bits per heavy atom. The summed E-state index contributed by atoms with van der Waals surface area (Å²) >= 11 is 0. The number of carbonyl (C=O) groups excluding carboxylic acids is 1. The molecule has 0 bridgehead atoms. The highest BCUT2D eigenvalue weighted by molar-refractivity contribution is 5.69. The molecule has 0 radical (unpaired) electrons. The molecule has 0 spiro atoms. The first-order chi connectivity index (χ1) is 24.6. The second-order valence-corrected chi connectivity index (χ2v) is 15.2. The van der Waals surface area contributed by atoms with Crippen molar-refractivity contribution in [2.45, 2.75) is 187 Å². The van der Waals surface area contributed by atoms with Gasteiger partial charge in [0.25, 0.3) is 0 Å². The number of carbonyl (C=O) groups is 1. The molecule has 0 aliphatic carbocycles. The summed E-state index contributed by atoms with van der Waals surface area (Å²) in [5.41, 5.74) is 0.939. The monoisotopic (exact) mass is 701 g/mol. The number of ether oxygens (including phenoxy) is 3. The summed E-state index contributed by atoms with van der Waals surface area (Å²) in [5, 5.41) is 0. The zero-order chi connectivity index (χ0) is 35.7. The first kappa shape index (κ1) is 44.4. The minimum atomic E-state index is -0.124. The van der Waals surface area contributed by atoms with E-state index in [1.54, 1.807) is 0 Å². The van der Waals surface area contributed by atoms with Gasteiger partial charge in [0.2, 0.25) is 0 Å². The Kier molecular flexibility index (Phi) is 28.3. The summed E-state index contributed by atoms with van der Waals surface area (Å²) in [4.78, 5) is 17.4. The quantitative estimate of drug-likeness (QED) is 0.0527. The molecule has 1 fully saturated rings. The molecule has 1 saturated heterocycles. The smallest absolute Gasteiger partial charge is 0.306 e. The number of unbranched alkanes of at least 4 members (excludes halogenated alkanes) is 22. The lowest BCUT2D eigenvalue weighted by Gasteiger charge is -2.32. The van der Waals surface area contributed by atoms with Crippen LogP contribution in [0.4, 0.5) is 0 Å². The molecule has 1 aromatic rings. The number of likely N-dealkylation sites (N-methyl/N-ethyl adjacent to an activating group) is 1. The van der Waals surface area contributed by atoms with Gasteiger partial charge in [-0.1, -0.05) is 155 Å². The van der Waals surface area contributed by atoms with E-state index in [-0.39, 0.29) is 12.6 Å². The Hall–Kier alpha value is -1.79. The summed E-state index contributed by atoms with van der Waals surface area (Å²) in [7, 11) is 2.17. The molecule has 1 aliphatic rings. The second-order valence-electron chi connectivity index (χ2n) is 15.2. The zero-order valence-corrected chi connectivity index (χ0v) is 33.3. The van der Waals surface area contributed by atoms with Crippen LogP contribution < -0.4 is 9.47 Å². The van der Waals surface area contributed by atoms with Gasteiger partial charge in [-0.3, -0.25) is 4.79 Å². The maximum Gasteiger partial charge on any atom is 0.306 e. The number of nitrogens with zero attached hydrogens (tertiary/aromatic N) is 2. The average molecular weight is 701 g/mol. The van der Waals surface area contributed by atoms with E-state index in [1.807, 2.05) is 18.2 Å². The van der Waals surface area contributed by atoms with Gasteiger partial charge >= 0.3 is 5.97 Å². The van der Waals surface area contributed by atoms with Gasteiger partial charge in [-0.15, -0.1) is 0 Å². The van der Waals surface area contributed by atoms with Crippen molar-refractivity contribution in [3.05, 3.63) is 23.8 Å². The van der Waals surface area contributed by atoms with Gasteiger partial charge in [0.1, 0.15) is 18.1 Å². The molecule has 1 aromatic carbocycles. The molecular weight excluding hydrogens is 620 g/mol. The first-order valence-corrected chi connectivity index (χ1v) is 21.6. The third kappa shape index (κ3) is 25.2. The molecule has 0 amide bonds. The minimum Gasteiger partial charge on any atom is -0.493 e. The van der Waals surface area contributed by atoms with Gasteiger partial charge in [-0.25, -0.2) is 0 Å². The highest BCUT2D eigenvalue weighted by Crippen LogP contribution is 2.25. The third-order valence-electron chi connectivity index (χ3n) is 10.3. The maximum absolute atomic E-state index is 12.6. The van der Waals surface area contributed by atoms with Gasteiger partial charge < -0.3 is 24.0 Å². The van der Waals surface area contributed by atoms with Crippen LogP contribution in [0.15, 0.2) is 18.2 Å². The van der Waals surface area contributed by atoms with Crippen molar-refractivity contribution in [1.82, 2.24) is 9.80 Å². The molecule has 6 nitrogen and oxygen atoms in total. The van der Waals surface area contributed by atoms with E-state index in [9.17, 15) is 4.79 Å². The van der Waals surface area contributed by atoms with Crippen molar-refractivity contribution in [3.8, 4) is 11.5 Å². The standard InChI is InChI=1S/C44H80N2O4/c1-4-6-8-10-12-14-16-17-18-19-21-23-25-27-36-49-43-38-41(40-50-44(47)29-28-30-46-33-31-45(3)32-34-46)37-42(39-43)48-35-26-24-22-20-15-13-11-9-7-5-2/h37-39H,4-36,40H2,1-3H3. The number of piperazine rings is 1. The van der Waals surface area contributed by atoms with Crippen LogP contribution in [0.2, 0.25) is 0 Å². The van der Waals surface area contributed by atoms with Crippen molar-refractivity contribution >= 4 is 5.97 Å². The van der Waals surface area contributed by atoms with Gasteiger partial charge in [-0.2, -0.15) is 0 Å². The Morgan fingerprint density at radius 1 is 0.540 bits per heavy atom. The predicted octanol–water partition coefficient (Wildman–Crippen LogP) is 11.9. The van der Waals surface area contributed by atoms with Crippen molar-refractivity contribution in [2.24, 2.45) is 0 Å². The largest absolute Gasteiger partial charge is 0.493 e. The molecule has 0 saturated carbocycles. The van der Waals surface area contributed by atoms with Crippen LogP contribution in [0.1, 0.15) is 186 Å². The fourth-order valence-corrected chi connectivity index (χ4v) is 6.90. The molecule has 0 unspecified atom stereocenters. The number of benzene rings is 1. The van der Waals surface area contributed by atoms with Gasteiger partial charge in [-0.05, 0) is 50.6 Å². The van der Waals surface area contributed by atoms with E-state index in [2.05, 4.69) is 30.7 Å². The fraction of sp³-hybridized carbons (Fsp3) is 0.841. The highest BCUT2D eigenvalue weighted by atomic mass is 16.5. The van der Waals surface area contributed by atoms with Gasteiger partial charge in [0.15, 0.2) is 0 Å². The van der Waals surface area contributed by atoms with E-state index in [4.69, 9.17) is 14.2 Å². The first-order valence-electron chi connectivity index (χ1n) is 21.6. The Morgan fingerprint density at radius 2 is 0.940 bits per heavy atom. The third-order valence-corrected chi connectivity index (χ3v) is 10.3. The number of rotatable bonds is 34. The Bertz CT molecular complexity index is 917. The summed E-state index contributed by atoms with van der Waals surface area (Å²) in [6.07, 6.45) is 33.4. The van der Waals surface area contributed by atoms with Crippen LogP contribution in [0, 0.1) is 0 Å². The van der Waals surface area contributed by atoms with Crippen LogP contribution in [0.5, 0.6) is 11.5 Å². The van der Waals surface area contributed by atoms with Crippen LogP contribution in [-0.2, 0) is 16.1 Å². The normalized spacial score (nSPS) is 13.9. The van der Waals surface area contributed by atoms with Crippen molar-refractivity contribution < 1.29 is 19.0 Å². The van der Waals surface area contributed by atoms with Crippen LogP contribution >= 0.6 is 0 Å². The lowest BCUT2D eigenvalue weighted by Crippen LogP contribution is -2.44. The molecule has 1 heterocycles. The van der Waals surface area contributed by atoms with E-state index < -0.39 is 0 Å². The number of esters is 1. The Labute approximate surface area is 309 Å². The van der Waals surface area contributed by atoms with Crippen LogP contribution in [0.25, 0.3) is 0 Å². The minimum absolute atomic E-state index is 0.124. The molecule has 50 heavy (non-hydrogen) atoms. The molecule has 0 aromatic heterocycles. The van der Waals surface area contributed by atoms with E-state index in [1.165, 1.54) is 141 Å². The zero-order valence-electron chi connectivity index (χ0n) is 33.3. The lowest BCUT2D eigenvalue weighted by atomic mass is 10.0. The van der Waals surface area contributed by atoms with Crippen LogP contribution in [0.3, 0.4) is 0 Å². The SMILES string of the molecule is CCCCCCCCCCCCCCCCOc1cc(COC(=O)CCCN2CCN(C)CC2)cc(OCCCCCCCCCCCC)c1.